The van der Waals surface area contributed by atoms with Gasteiger partial charge in [0.25, 0.3) is 0 Å². The van der Waals surface area contributed by atoms with E-state index in [-0.39, 0.29) is 5.56 Å². The minimum absolute atomic E-state index is 0.178. The Hall–Kier alpha value is -1.59. The Kier molecular flexibility index (Phi) is 4.25. The second-order valence-corrected chi connectivity index (χ2v) is 5.09. The first-order valence-corrected chi connectivity index (χ1v) is 6.38. The Labute approximate surface area is 123 Å². The van der Waals surface area contributed by atoms with Crippen molar-refractivity contribution in [1.29, 1.82) is 0 Å². The third kappa shape index (κ3) is 3.54. The van der Waals surface area contributed by atoms with Gasteiger partial charge >= 0.3 is 6.18 Å². The molecule has 0 saturated heterocycles. The number of hydrogen-bond acceptors (Lipinski definition) is 1. The highest BCUT2D eigenvalue weighted by molar-refractivity contribution is 6.31. The molecule has 1 unspecified atom stereocenters. The molecule has 0 saturated carbocycles. The van der Waals surface area contributed by atoms with E-state index in [0.29, 0.717) is 16.7 Å². The van der Waals surface area contributed by atoms with Gasteiger partial charge in [0.15, 0.2) is 0 Å². The van der Waals surface area contributed by atoms with Crippen molar-refractivity contribution in [3.63, 3.8) is 0 Å². The summed E-state index contributed by atoms with van der Waals surface area (Å²) in [4.78, 5) is 0. The maximum atomic E-state index is 13.3. The van der Waals surface area contributed by atoms with Crippen molar-refractivity contribution in [3.05, 3.63) is 69.5 Å². The van der Waals surface area contributed by atoms with Crippen LogP contribution in [-0.4, -0.2) is 5.11 Å². The molecule has 6 heteroatoms. The van der Waals surface area contributed by atoms with Gasteiger partial charge in [-0.2, -0.15) is 13.2 Å². The summed E-state index contributed by atoms with van der Waals surface area (Å²) in [5, 5.41) is 10.5. The first-order valence-electron chi connectivity index (χ1n) is 6.00. The number of hydrogen-bond donors (Lipinski definition) is 1. The van der Waals surface area contributed by atoms with Crippen molar-refractivity contribution in [2.75, 3.05) is 0 Å². The maximum absolute atomic E-state index is 13.3. The molecule has 0 aromatic heterocycles. The summed E-state index contributed by atoms with van der Waals surface area (Å²) in [5.74, 6) is -1.06. The highest BCUT2D eigenvalue weighted by Crippen LogP contribution is 2.33. The summed E-state index contributed by atoms with van der Waals surface area (Å²) in [6.07, 6.45) is -6.07. The molecular weight excluding hydrogens is 308 g/mol. The van der Waals surface area contributed by atoms with Crippen molar-refractivity contribution >= 4 is 11.6 Å². The lowest BCUT2D eigenvalue weighted by Gasteiger charge is -2.15. The van der Waals surface area contributed by atoms with Crippen molar-refractivity contribution in [2.45, 2.75) is 19.2 Å². The van der Waals surface area contributed by atoms with Crippen LogP contribution in [0.4, 0.5) is 17.6 Å². The van der Waals surface area contributed by atoms with Gasteiger partial charge in [0.05, 0.1) is 5.56 Å². The zero-order valence-corrected chi connectivity index (χ0v) is 11.6. The molecule has 2 aromatic carbocycles. The molecule has 21 heavy (non-hydrogen) atoms. The molecular formula is C15H11ClF4O. The van der Waals surface area contributed by atoms with Gasteiger partial charge in [-0.25, -0.2) is 4.39 Å². The fraction of sp³-hybridized carbons (Fsp3) is 0.200. The van der Waals surface area contributed by atoms with Gasteiger partial charge in [-0.05, 0) is 47.9 Å². The molecule has 0 spiro atoms. The second kappa shape index (κ2) is 5.66. The van der Waals surface area contributed by atoms with Crippen LogP contribution in [0.15, 0.2) is 36.4 Å². The topological polar surface area (TPSA) is 20.2 Å². The second-order valence-electron chi connectivity index (χ2n) is 4.68. The summed E-state index contributed by atoms with van der Waals surface area (Å²) >= 11 is 5.92. The lowest BCUT2D eigenvalue weighted by Crippen LogP contribution is -2.08. The van der Waals surface area contributed by atoms with Gasteiger partial charge in [-0.3, -0.25) is 0 Å². The lowest BCUT2D eigenvalue weighted by molar-refractivity contribution is -0.137. The van der Waals surface area contributed by atoms with Crippen LogP contribution in [0.3, 0.4) is 0 Å². The molecule has 0 radical (unpaired) electrons. The minimum Gasteiger partial charge on any atom is -0.384 e. The minimum atomic E-state index is -4.68. The number of benzene rings is 2. The number of rotatable bonds is 2. The molecule has 2 rings (SSSR count). The van der Waals surface area contributed by atoms with Crippen molar-refractivity contribution in [3.8, 4) is 0 Å². The summed E-state index contributed by atoms with van der Waals surface area (Å²) in [7, 11) is 0. The van der Waals surface area contributed by atoms with Gasteiger partial charge in [0, 0.05) is 5.02 Å². The molecule has 0 fully saturated rings. The number of aliphatic hydroxyl groups is 1. The van der Waals surface area contributed by atoms with E-state index >= 15 is 0 Å². The van der Waals surface area contributed by atoms with Gasteiger partial charge in [0.1, 0.15) is 11.9 Å². The Bertz CT molecular complexity index is 667. The number of halogens is 5. The van der Waals surface area contributed by atoms with Crippen LogP contribution in [0.2, 0.25) is 5.02 Å². The van der Waals surface area contributed by atoms with Gasteiger partial charge in [0.2, 0.25) is 0 Å². The molecule has 0 aliphatic carbocycles. The van der Waals surface area contributed by atoms with E-state index in [1.54, 1.807) is 13.0 Å². The summed E-state index contributed by atoms with van der Waals surface area (Å²) < 4.78 is 51.3. The third-order valence-corrected chi connectivity index (χ3v) is 3.48. The van der Waals surface area contributed by atoms with Crippen LogP contribution >= 0.6 is 11.6 Å². The average Bonchev–Trinajstić information content (AvgIpc) is 2.39. The van der Waals surface area contributed by atoms with E-state index in [9.17, 15) is 22.7 Å². The van der Waals surface area contributed by atoms with Crippen molar-refractivity contribution in [2.24, 2.45) is 0 Å². The molecule has 1 atom stereocenters. The summed E-state index contributed by atoms with van der Waals surface area (Å²) in [6, 6.07) is 6.59. The fourth-order valence-electron chi connectivity index (χ4n) is 1.91. The molecule has 2 aromatic rings. The van der Waals surface area contributed by atoms with E-state index < -0.39 is 23.7 Å². The van der Waals surface area contributed by atoms with Gasteiger partial charge in [-0.15, -0.1) is 0 Å². The SMILES string of the molecule is Cc1ccc(C(O)c2cc(F)cc(C(F)(F)F)c2)cc1Cl. The van der Waals surface area contributed by atoms with E-state index in [1.807, 2.05) is 0 Å². The molecule has 0 bridgehead atoms. The molecule has 0 aliphatic heterocycles. The molecule has 0 heterocycles. The normalized spacial score (nSPS) is 13.3. The first-order chi connectivity index (χ1) is 9.68. The maximum Gasteiger partial charge on any atom is 0.416 e. The summed E-state index contributed by atoms with van der Waals surface area (Å²) in [6.45, 7) is 1.75. The van der Waals surface area contributed by atoms with Crippen LogP contribution in [0.5, 0.6) is 0 Å². The smallest absolute Gasteiger partial charge is 0.384 e. The van der Waals surface area contributed by atoms with E-state index in [2.05, 4.69) is 0 Å². The Balaban J connectivity index is 2.45. The van der Waals surface area contributed by atoms with Crippen molar-refractivity contribution in [1.82, 2.24) is 0 Å². The fourth-order valence-corrected chi connectivity index (χ4v) is 2.09. The molecule has 0 amide bonds. The quantitative estimate of drug-likeness (QED) is 0.782. The van der Waals surface area contributed by atoms with Crippen LogP contribution in [0.25, 0.3) is 0 Å². The predicted molar refractivity (Wildman–Crippen MR) is 71.7 cm³/mol. The average molecular weight is 319 g/mol. The van der Waals surface area contributed by atoms with Crippen LogP contribution in [-0.2, 0) is 6.18 Å². The Morgan fingerprint density at radius 3 is 2.29 bits per heavy atom. The van der Waals surface area contributed by atoms with E-state index in [0.717, 1.165) is 17.7 Å². The van der Waals surface area contributed by atoms with Crippen molar-refractivity contribution < 1.29 is 22.7 Å². The van der Waals surface area contributed by atoms with E-state index in [4.69, 9.17) is 11.6 Å². The van der Waals surface area contributed by atoms with Crippen LogP contribution in [0, 0.1) is 12.7 Å². The molecule has 112 valence electrons. The highest BCUT2D eigenvalue weighted by atomic mass is 35.5. The molecule has 1 nitrogen and oxygen atoms in total. The predicted octanol–water partition coefficient (Wildman–Crippen LogP) is 4.89. The third-order valence-electron chi connectivity index (χ3n) is 3.07. The van der Waals surface area contributed by atoms with Crippen LogP contribution < -0.4 is 0 Å². The number of alkyl halides is 3. The monoisotopic (exact) mass is 318 g/mol. The zero-order chi connectivity index (χ0) is 15.8. The lowest BCUT2D eigenvalue weighted by atomic mass is 9.98. The molecule has 1 N–H and O–H groups in total. The highest BCUT2D eigenvalue weighted by Gasteiger charge is 2.32. The first kappa shape index (κ1) is 15.8. The molecule has 0 aliphatic rings. The number of aliphatic hydroxyl groups excluding tert-OH is 1. The van der Waals surface area contributed by atoms with Gasteiger partial charge < -0.3 is 5.11 Å². The largest absolute Gasteiger partial charge is 0.416 e. The van der Waals surface area contributed by atoms with E-state index in [1.165, 1.54) is 12.1 Å². The Morgan fingerprint density at radius 2 is 1.71 bits per heavy atom. The number of aryl methyl sites for hydroxylation is 1. The standard InChI is InChI=1S/C15H11ClF4O/c1-8-2-3-9(6-13(8)16)14(21)10-4-11(15(18,19)20)7-12(17)5-10/h2-7,14,21H,1H3. The summed E-state index contributed by atoms with van der Waals surface area (Å²) in [5.41, 5.74) is -0.260. The van der Waals surface area contributed by atoms with Gasteiger partial charge in [-0.1, -0.05) is 23.7 Å². The Morgan fingerprint density at radius 1 is 1.05 bits per heavy atom. The zero-order valence-electron chi connectivity index (χ0n) is 10.9. The van der Waals surface area contributed by atoms with Crippen LogP contribution in [0.1, 0.15) is 28.4 Å².